The highest BCUT2D eigenvalue weighted by molar-refractivity contribution is 7.79. The first kappa shape index (κ1) is 59.0. The Kier molecular flexibility index (Phi) is 16.9. The average Bonchev–Trinajstić information content (AvgIpc) is 3.91. The highest BCUT2D eigenvalue weighted by atomic mass is 127. The van der Waals surface area contributed by atoms with Gasteiger partial charge in [-0.15, -0.1) is 0 Å². The smallest absolute Gasteiger partial charge is 0.194 e. The first-order valence-electron chi connectivity index (χ1n) is 18.9. The third kappa shape index (κ3) is 13.9. The fraction of sp³-hybridized carbons (Fsp3) is 0.238. The zero-order valence-electron chi connectivity index (χ0n) is 34.4. The molecular weight excluding hydrogens is 1230 g/mol. The summed E-state index contributed by atoms with van der Waals surface area (Å²) in [7, 11) is 0. The Bertz CT molecular complexity index is 2400. The summed E-state index contributed by atoms with van der Waals surface area (Å²) >= 11 is 12.3. The van der Waals surface area contributed by atoms with E-state index in [1.807, 2.05) is 22.7 Å². The van der Waals surface area contributed by atoms with Gasteiger partial charge in [-0.25, -0.2) is 0 Å². The predicted octanol–water partition coefficient (Wildman–Crippen LogP) is 12.0. The van der Waals surface area contributed by atoms with E-state index in [0.29, 0.717) is 0 Å². The van der Waals surface area contributed by atoms with Crippen LogP contribution < -0.4 is 43.1 Å². The molecule has 0 atom stereocenters. The molecule has 2 aromatic heterocycles. The highest BCUT2D eigenvalue weighted by Crippen LogP contribution is 2.41. The topological polar surface area (TPSA) is 0 Å². The van der Waals surface area contributed by atoms with Crippen LogP contribution in [0.25, 0.3) is 0 Å². The Morgan fingerprint density at radius 1 is 0.306 bits per heavy atom. The molecule has 72 heavy (non-hydrogen) atoms. The van der Waals surface area contributed by atoms with Crippen molar-refractivity contribution in [2.45, 2.75) is 60.9 Å². The minimum Gasteiger partial charge on any atom is -0.194 e. The fourth-order valence-corrected chi connectivity index (χ4v) is 13.7. The van der Waals surface area contributed by atoms with E-state index in [1.165, 1.54) is 16.9 Å². The first-order valence-corrected chi connectivity index (χ1v) is 24.1. The lowest BCUT2D eigenvalue weighted by Crippen LogP contribution is -3.61. The summed E-state index contributed by atoms with van der Waals surface area (Å²) in [6.45, 7) is 0. The summed E-state index contributed by atoms with van der Waals surface area (Å²) in [6, 6.07) is -4.22. The van der Waals surface area contributed by atoms with Crippen molar-refractivity contribution in [1.82, 2.24) is 0 Å². The summed E-state index contributed by atoms with van der Waals surface area (Å²) in [5.74, 6) is 1.71. The average molecular weight is 1250 g/mol. The second-order valence-corrected chi connectivity index (χ2v) is 21.9. The maximum atomic E-state index is 14.2. The number of hydrogen-bond acceptors (Lipinski definition) is 4. The Morgan fingerprint density at radius 2 is 0.486 bits per heavy atom. The van der Waals surface area contributed by atoms with Crippen LogP contribution in [0.4, 0.5) is 105 Å². The summed E-state index contributed by atoms with van der Waals surface area (Å²) in [5.41, 5.74) is -27.5. The molecule has 0 nitrogen and oxygen atoms in total. The Labute approximate surface area is 418 Å². The van der Waals surface area contributed by atoms with Crippen LogP contribution in [0.5, 0.6) is 0 Å². The molecule has 0 radical (unpaired) electrons. The van der Waals surface area contributed by atoms with Gasteiger partial charge in [0.15, 0.2) is 0 Å². The molecule has 0 saturated carbocycles. The van der Waals surface area contributed by atoms with Crippen molar-refractivity contribution < 1.29 is 127 Å². The van der Waals surface area contributed by atoms with Gasteiger partial charge >= 0.3 is 70.6 Å². The molecule has 0 spiro atoms. The van der Waals surface area contributed by atoms with Gasteiger partial charge in [-0.1, -0.05) is 71.2 Å². The molecule has 6 rings (SSSR count). The number of thiol groups is 2. The lowest BCUT2D eigenvalue weighted by molar-refractivity contribution is -0.585. The summed E-state index contributed by atoms with van der Waals surface area (Å²) in [4.78, 5) is 0. The normalized spacial score (nSPS) is 13.6. The van der Waals surface area contributed by atoms with Gasteiger partial charge in [-0.3, -0.25) is 0 Å². The number of benzene rings is 4. The summed E-state index contributed by atoms with van der Waals surface area (Å²) in [6.07, 6.45) is -54.8. The van der Waals surface area contributed by atoms with Crippen molar-refractivity contribution in [2.75, 3.05) is 0 Å². The Hall–Kier alpha value is -3.91. The number of halogens is 25. The molecule has 0 amide bonds. The van der Waals surface area contributed by atoms with E-state index in [4.69, 9.17) is 0 Å². The van der Waals surface area contributed by atoms with Crippen LogP contribution in [0.3, 0.4) is 0 Å². The SMILES string of the molecule is FC(F)(F)c1cc([B-](c2cc(C(F)(F)F)cc(C(F)(F)F)c2)(c2cc(C(F)(F)F)cc(C(F)(F)F)c2)c2cc(C(F)(F)F)cc(C(F)(F)F)c2)cc(C(F)(F)F)c1.SCc1csc([I+]c2cc(CS)cs2)c1. The van der Waals surface area contributed by atoms with Gasteiger partial charge in [0, 0.05) is 23.6 Å². The van der Waals surface area contributed by atoms with E-state index in [-0.39, 0.29) is 21.2 Å². The molecule has 6 aromatic rings. The van der Waals surface area contributed by atoms with Crippen LogP contribution >= 0.6 is 47.9 Å². The first-order chi connectivity index (χ1) is 32.6. The molecule has 0 aliphatic carbocycles. The van der Waals surface area contributed by atoms with Gasteiger partial charge in [-0.05, 0) is 46.2 Å². The van der Waals surface area contributed by atoms with E-state index in [2.05, 4.69) is 48.2 Å². The zero-order valence-corrected chi connectivity index (χ0v) is 40.0. The summed E-state index contributed by atoms with van der Waals surface area (Å²) in [5, 5.41) is 4.43. The Morgan fingerprint density at radius 3 is 0.625 bits per heavy atom. The molecular formula is C42H22BF24IS4. The van der Waals surface area contributed by atoms with Crippen molar-refractivity contribution in [3.05, 3.63) is 157 Å². The molecule has 392 valence electrons. The molecule has 30 heteroatoms. The van der Waals surface area contributed by atoms with E-state index >= 15 is 0 Å². The summed E-state index contributed by atoms with van der Waals surface area (Å²) < 4.78 is 344. The van der Waals surface area contributed by atoms with Gasteiger partial charge in [0.1, 0.15) is 6.15 Å². The second kappa shape index (κ2) is 20.7. The van der Waals surface area contributed by atoms with Crippen LogP contribution in [0.1, 0.15) is 55.6 Å². The van der Waals surface area contributed by atoms with Crippen molar-refractivity contribution in [1.29, 1.82) is 0 Å². The molecule has 0 saturated heterocycles. The number of alkyl halides is 24. The minimum atomic E-state index is -6.13. The van der Waals surface area contributed by atoms with E-state index < -0.39 is 195 Å². The second-order valence-electron chi connectivity index (χ2n) is 15.2. The molecule has 0 aliphatic rings. The third-order valence-corrected chi connectivity index (χ3v) is 16.7. The zero-order chi connectivity index (χ0) is 54.6. The van der Waals surface area contributed by atoms with Gasteiger partial charge < -0.3 is 0 Å². The third-order valence-electron chi connectivity index (χ3n) is 10.2. The molecule has 0 unspecified atom stereocenters. The van der Waals surface area contributed by atoms with Crippen molar-refractivity contribution in [3.63, 3.8) is 0 Å². The standard InChI is InChI=1S/C32H12BF24.C10H9IS4/c34-25(35,36)13-1-14(26(37,38)39)6-21(5-13)33(22-7-15(27(40,41)42)2-16(8-22)28(43,44)45,23-9-17(29(46,47)48)3-18(10-23)30(49,50)51)24-11-19(31(52,53)54)4-20(12-24)32(55,56)57;12-3-7-1-9(14-5-7)11-10-2-8(4-13)6-15-10/h1-12H;1-2,5-6H,3-4H2,(H-,12,13)/q-1;/p+1. The monoisotopic (exact) mass is 1250 g/mol. The number of rotatable bonds is 8. The van der Waals surface area contributed by atoms with Crippen LogP contribution in [-0.2, 0) is 60.9 Å². The molecule has 0 fully saturated rings. The Balaban J connectivity index is 0.000000542. The van der Waals surface area contributed by atoms with Crippen LogP contribution in [-0.4, -0.2) is 6.15 Å². The van der Waals surface area contributed by atoms with Crippen molar-refractivity contribution in [3.8, 4) is 0 Å². The molecule has 0 aliphatic heterocycles. The van der Waals surface area contributed by atoms with Gasteiger partial charge in [-0.2, -0.15) is 152 Å². The van der Waals surface area contributed by atoms with Gasteiger partial charge in [0.2, 0.25) is 5.77 Å². The predicted molar refractivity (Wildman–Crippen MR) is 221 cm³/mol. The lowest BCUT2D eigenvalue weighted by Gasteiger charge is -2.46. The van der Waals surface area contributed by atoms with Crippen molar-refractivity contribution in [2.24, 2.45) is 0 Å². The maximum absolute atomic E-state index is 14.2. The van der Waals surface area contributed by atoms with E-state index in [9.17, 15) is 105 Å². The fourth-order valence-electron chi connectivity index (χ4n) is 7.12. The van der Waals surface area contributed by atoms with Crippen LogP contribution in [0.15, 0.2) is 95.7 Å². The largest absolute Gasteiger partial charge is 0.416 e. The van der Waals surface area contributed by atoms with E-state index in [1.54, 1.807) is 0 Å². The lowest BCUT2D eigenvalue weighted by atomic mass is 9.12. The highest BCUT2D eigenvalue weighted by Gasteiger charge is 2.47. The van der Waals surface area contributed by atoms with E-state index in [0.717, 1.165) is 11.5 Å². The van der Waals surface area contributed by atoms with Crippen LogP contribution in [0, 0.1) is 5.77 Å². The number of thiophene rings is 2. The maximum Gasteiger partial charge on any atom is 0.416 e. The molecule has 4 aromatic carbocycles. The van der Waals surface area contributed by atoms with Crippen molar-refractivity contribution >= 4 is 75.9 Å². The van der Waals surface area contributed by atoms with Gasteiger partial charge in [0.05, 0.1) is 44.5 Å². The molecule has 2 heterocycles. The quantitative estimate of drug-likeness (QED) is 0.0645. The molecule has 0 N–H and O–H groups in total. The minimum absolute atomic E-state index is 0.0273. The molecule has 0 bridgehead atoms. The van der Waals surface area contributed by atoms with Gasteiger partial charge in [0.25, 0.3) is 0 Å². The van der Waals surface area contributed by atoms with Crippen LogP contribution in [0.2, 0.25) is 0 Å². The number of hydrogen-bond donors (Lipinski definition) is 2.